The molecule has 0 heterocycles. The highest BCUT2D eigenvalue weighted by Crippen LogP contribution is 2.15. The van der Waals surface area contributed by atoms with Gasteiger partial charge in [-0.15, -0.1) is 0 Å². The zero-order valence-corrected chi connectivity index (χ0v) is 8.02. The first-order valence-corrected chi connectivity index (χ1v) is 5.09. The second-order valence-electron chi connectivity index (χ2n) is 2.46. The molecule has 1 radical (unpaired) electrons. The number of benzene rings is 1. The number of rotatable bonds is 4. The molecule has 0 saturated carbocycles. The Morgan fingerprint density at radius 3 is 2.20 bits per heavy atom. The largest absolute Gasteiger partial charge is 0.324 e. The summed E-state index contributed by atoms with van der Waals surface area (Å²) in [5.74, 6) is 0. The van der Waals surface area contributed by atoms with Gasteiger partial charge in [0.15, 0.2) is 0 Å². The van der Waals surface area contributed by atoms with E-state index in [2.05, 4.69) is 0 Å². The number of amides is 1. The van der Waals surface area contributed by atoms with E-state index in [1.165, 1.54) is 4.72 Å². The number of nitro groups is 1. The van der Waals surface area contributed by atoms with Crippen molar-refractivity contribution in [2.75, 3.05) is 0 Å². The van der Waals surface area contributed by atoms with E-state index >= 15 is 0 Å². The summed E-state index contributed by atoms with van der Waals surface area (Å²) in [6.07, 6.45) is 1.02. The van der Waals surface area contributed by atoms with Crippen LogP contribution in [0.5, 0.6) is 0 Å². The molecule has 0 spiro atoms. The lowest BCUT2D eigenvalue weighted by Crippen LogP contribution is -2.21. The standard InChI is InChI=1S/C7H5N2O5S/c10-5-8-15(13,14)7-3-1-6(2-4-7)9(11)12/h1-4H,(H,8,10). The monoisotopic (exact) mass is 229 g/mol. The maximum Gasteiger partial charge on any atom is 0.324 e. The fraction of sp³-hybridized carbons (Fsp3) is 0. The number of hydrogen-bond acceptors (Lipinski definition) is 5. The van der Waals surface area contributed by atoms with Crippen LogP contribution in [0.25, 0.3) is 0 Å². The summed E-state index contributed by atoms with van der Waals surface area (Å²) < 4.78 is 23.8. The Labute approximate surface area is 84.9 Å². The highest BCUT2D eigenvalue weighted by atomic mass is 32.2. The van der Waals surface area contributed by atoms with Gasteiger partial charge in [-0.2, -0.15) is 0 Å². The quantitative estimate of drug-likeness (QED) is 0.442. The van der Waals surface area contributed by atoms with Crippen molar-refractivity contribution < 1.29 is 18.1 Å². The van der Waals surface area contributed by atoms with E-state index in [9.17, 15) is 23.3 Å². The molecule has 0 aliphatic carbocycles. The first kappa shape index (κ1) is 11.1. The van der Waals surface area contributed by atoms with Gasteiger partial charge < -0.3 is 0 Å². The van der Waals surface area contributed by atoms with Crippen LogP contribution >= 0.6 is 0 Å². The number of nitrogens with one attached hydrogen (secondary N) is 1. The number of sulfonamides is 1. The van der Waals surface area contributed by atoms with Gasteiger partial charge in [-0.05, 0) is 12.1 Å². The minimum Gasteiger partial charge on any atom is -0.262 e. The van der Waals surface area contributed by atoms with E-state index in [1.807, 2.05) is 0 Å². The van der Waals surface area contributed by atoms with Crippen LogP contribution in [0.1, 0.15) is 0 Å². The summed E-state index contributed by atoms with van der Waals surface area (Å²) in [4.78, 5) is 19.2. The summed E-state index contributed by atoms with van der Waals surface area (Å²) in [7, 11) is -3.95. The third kappa shape index (κ3) is 2.50. The van der Waals surface area contributed by atoms with Gasteiger partial charge in [0.1, 0.15) is 0 Å². The van der Waals surface area contributed by atoms with E-state index in [-0.39, 0.29) is 10.6 Å². The Morgan fingerprint density at radius 2 is 1.80 bits per heavy atom. The van der Waals surface area contributed by atoms with Gasteiger partial charge in [-0.25, -0.2) is 13.1 Å². The van der Waals surface area contributed by atoms with Gasteiger partial charge in [0.2, 0.25) is 0 Å². The van der Waals surface area contributed by atoms with Gasteiger partial charge in [-0.3, -0.25) is 14.9 Å². The molecule has 0 aromatic heterocycles. The molecule has 0 atom stereocenters. The topological polar surface area (TPSA) is 106 Å². The third-order valence-corrected chi connectivity index (χ3v) is 2.78. The molecule has 0 aliphatic heterocycles. The zero-order valence-electron chi connectivity index (χ0n) is 7.21. The van der Waals surface area contributed by atoms with Crippen molar-refractivity contribution in [3.8, 4) is 0 Å². The Bertz CT molecular complexity index is 479. The predicted molar refractivity (Wildman–Crippen MR) is 49.1 cm³/mol. The average molecular weight is 229 g/mol. The summed E-state index contributed by atoms with van der Waals surface area (Å²) in [6.45, 7) is 0. The zero-order chi connectivity index (χ0) is 11.5. The Balaban J connectivity index is 3.09. The van der Waals surface area contributed by atoms with Crippen molar-refractivity contribution in [2.45, 2.75) is 4.90 Å². The molecule has 1 aromatic carbocycles. The van der Waals surface area contributed by atoms with E-state index in [0.29, 0.717) is 0 Å². The highest BCUT2D eigenvalue weighted by Gasteiger charge is 2.14. The van der Waals surface area contributed by atoms with Crippen molar-refractivity contribution in [3.05, 3.63) is 34.4 Å². The van der Waals surface area contributed by atoms with Crippen LogP contribution in [0.3, 0.4) is 0 Å². The summed E-state index contributed by atoms with van der Waals surface area (Å²) >= 11 is 0. The van der Waals surface area contributed by atoms with Crippen LogP contribution in [0, 0.1) is 10.1 Å². The number of hydrogen-bond donors (Lipinski definition) is 1. The molecule has 15 heavy (non-hydrogen) atoms. The molecule has 0 saturated heterocycles. The molecule has 1 aromatic rings. The number of carbonyl (C=O) groups excluding carboxylic acids is 1. The molecule has 1 N–H and O–H groups in total. The van der Waals surface area contributed by atoms with Crippen LogP contribution < -0.4 is 4.72 Å². The smallest absolute Gasteiger partial charge is 0.262 e. The summed E-state index contributed by atoms with van der Waals surface area (Å²) in [5.41, 5.74) is -0.232. The molecule has 0 unspecified atom stereocenters. The summed E-state index contributed by atoms with van der Waals surface area (Å²) in [5, 5.41) is 10.3. The first-order valence-electron chi connectivity index (χ1n) is 3.61. The fourth-order valence-corrected chi connectivity index (χ4v) is 1.58. The predicted octanol–water partition coefficient (Wildman–Crippen LogP) is -0.0597. The molecule has 1 amide bonds. The Hall–Kier alpha value is -1.96. The lowest BCUT2D eigenvalue weighted by atomic mass is 10.3. The lowest BCUT2D eigenvalue weighted by molar-refractivity contribution is -0.384. The maximum atomic E-state index is 11.2. The van der Waals surface area contributed by atoms with Crippen LogP contribution in [0.4, 0.5) is 5.69 Å². The van der Waals surface area contributed by atoms with Crippen LogP contribution in [0.2, 0.25) is 0 Å². The molecule has 7 nitrogen and oxygen atoms in total. The molecule has 0 aliphatic rings. The van der Waals surface area contributed by atoms with Crippen molar-refractivity contribution in [1.82, 2.24) is 4.72 Å². The van der Waals surface area contributed by atoms with Crippen LogP contribution in [0.15, 0.2) is 29.2 Å². The van der Waals surface area contributed by atoms with E-state index in [0.717, 1.165) is 30.7 Å². The first-order chi connectivity index (χ1) is 6.97. The number of non-ortho nitro benzene ring substituents is 1. The Morgan fingerprint density at radius 1 is 1.27 bits per heavy atom. The highest BCUT2D eigenvalue weighted by molar-refractivity contribution is 7.90. The second-order valence-corrected chi connectivity index (χ2v) is 4.14. The van der Waals surface area contributed by atoms with Gasteiger partial charge in [0, 0.05) is 12.1 Å². The Kier molecular flexibility index (Phi) is 3.00. The van der Waals surface area contributed by atoms with Crippen molar-refractivity contribution in [1.29, 1.82) is 0 Å². The van der Waals surface area contributed by atoms with Crippen molar-refractivity contribution in [2.24, 2.45) is 0 Å². The van der Waals surface area contributed by atoms with E-state index in [4.69, 9.17) is 0 Å². The minimum absolute atomic E-state index is 0.232. The van der Waals surface area contributed by atoms with Crippen LogP contribution in [-0.2, 0) is 14.8 Å². The normalized spacial score (nSPS) is 10.7. The van der Waals surface area contributed by atoms with Gasteiger partial charge in [-0.1, -0.05) is 0 Å². The molecular weight excluding hydrogens is 224 g/mol. The number of nitrogens with zero attached hydrogens (tertiary/aromatic N) is 1. The van der Waals surface area contributed by atoms with Gasteiger partial charge >= 0.3 is 6.41 Å². The minimum atomic E-state index is -3.95. The van der Waals surface area contributed by atoms with E-state index in [1.54, 1.807) is 0 Å². The average Bonchev–Trinajstić information content (AvgIpc) is 2.18. The number of nitro benzene ring substituents is 1. The molecular formula is C7H5N2O5S. The second kappa shape index (κ2) is 4.05. The van der Waals surface area contributed by atoms with Crippen LogP contribution in [-0.4, -0.2) is 19.8 Å². The van der Waals surface area contributed by atoms with Crippen molar-refractivity contribution >= 4 is 22.1 Å². The third-order valence-electron chi connectivity index (χ3n) is 1.53. The maximum absolute atomic E-state index is 11.2. The van der Waals surface area contributed by atoms with Gasteiger partial charge in [0.25, 0.3) is 15.7 Å². The van der Waals surface area contributed by atoms with Crippen molar-refractivity contribution in [3.63, 3.8) is 0 Å². The summed E-state index contributed by atoms with van der Waals surface area (Å²) in [6, 6.07) is 4.11. The molecule has 0 bridgehead atoms. The molecule has 8 heteroatoms. The SMILES string of the molecule is O=[C]NS(=O)(=O)c1ccc([N+](=O)[O-])cc1. The molecule has 0 fully saturated rings. The lowest BCUT2D eigenvalue weighted by Gasteiger charge is -2.00. The van der Waals surface area contributed by atoms with E-state index < -0.39 is 14.9 Å². The molecule has 79 valence electrons. The fourth-order valence-electron chi connectivity index (χ4n) is 0.861. The molecule has 1 rings (SSSR count). The van der Waals surface area contributed by atoms with Gasteiger partial charge in [0.05, 0.1) is 9.82 Å².